The van der Waals surface area contributed by atoms with Crippen LogP contribution in [0.3, 0.4) is 0 Å². The zero-order valence-electron chi connectivity index (χ0n) is 19.2. The molecule has 3 amide bonds. The molecule has 1 saturated heterocycles. The van der Waals surface area contributed by atoms with E-state index in [0.717, 1.165) is 37.1 Å². The summed E-state index contributed by atoms with van der Waals surface area (Å²) >= 11 is 0. The quantitative estimate of drug-likeness (QED) is 0.531. The van der Waals surface area contributed by atoms with Gasteiger partial charge >= 0.3 is 6.03 Å². The number of carbonyl (C=O) groups excluding carboxylic acids is 2. The van der Waals surface area contributed by atoms with Gasteiger partial charge in [-0.3, -0.25) is 15.1 Å². The maximum atomic E-state index is 13.3. The summed E-state index contributed by atoms with van der Waals surface area (Å²) < 4.78 is 1.47. The lowest BCUT2D eigenvalue weighted by Crippen LogP contribution is -2.46. The fourth-order valence-corrected chi connectivity index (χ4v) is 4.02. The summed E-state index contributed by atoms with van der Waals surface area (Å²) in [5.41, 5.74) is 2.48. The zero-order chi connectivity index (χ0) is 23.4. The molecule has 0 aromatic carbocycles. The Morgan fingerprint density at radius 1 is 1.18 bits per heavy atom. The minimum absolute atomic E-state index is 0.0982. The van der Waals surface area contributed by atoms with Gasteiger partial charge in [0, 0.05) is 49.7 Å². The molecule has 0 atom stereocenters. The molecule has 10 heteroatoms. The van der Waals surface area contributed by atoms with Crippen LogP contribution >= 0.6 is 0 Å². The minimum Gasteiger partial charge on any atom is -0.348 e. The molecule has 0 saturated carbocycles. The van der Waals surface area contributed by atoms with E-state index in [1.54, 1.807) is 18.5 Å². The van der Waals surface area contributed by atoms with E-state index in [9.17, 15) is 9.59 Å². The molecule has 0 aliphatic carbocycles. The fraction of sp³-hybridized carbons (Fsp3) is 0.435. The van der Waals surface area contributed by atoms with Crippen LogP contribution in [0.1, 0.15) is 44.1 Å². The largest absolute Gasteiger partial charge is 0.348 e. The highest BCUT2D eigenvalue weighted by Crippen LogP contribution is 2.23. The fourth-order valence-electron chi connectivity index (χ4n) is 4.02. The number of hydrogen-bond acceptors (Lipinski definition) is 6. The number of carbonyl (C=O) groups is 2. The Labute approximate surface area is 192 Å². The molecule has 3 aromatic rings. The van der Waals surface area contributed by atoms with Crippen LogP contribution < -0.4 is 16.0 Å². The zero-order valence-corrected chi connectivity index (χ0v) is 19.2. The van der Waals surface area contributed by atoms with Crippen molar-refractivity contribution in [2.75, 3.05) is 25.0 Å². The Morgan fingerprint density at radius 2 is 1.97 bits per heavy atom. The molecule has 0 unspecified atom stereocenters. The lowest BCUT2D eigenvalue weighted by atomic mass is 10.0. The Kier molecular flexibility index (Phi) is 6.83. The molecule has 4 rings (SSSR count). The molecule has 0 spiro atoms. The van der Waals surface area contributed by atoms with Gasteiger partial charge < -0.3 is 15.5 Å². The number of fused-ring (bicyclic) bond motifs is 1. The van der Waals surface area contributed by atoms with E-state index < -0.39 is 6.03 Å². The Bertz CT molecular complexity index is 1120. The van der Waals surface area contributed by atoms with Crippen molar-refractivity contribution >= 4 is 23.5 Å². The summed E-state index contributed by atoms with van der Waals surface area (Å²) in [5, 5.41) is 12.8. The minimum atomic E-state index is -0.399. The summed E-state index contributed by atoms with van der Waals surface area (Å²) in [6.07, 6.45) is 5.23. The molecular formula is C23H30N8O2. The predicted molar refractivity (Wildman–Crippen MR) is 126 cm³/mol. The maximum absolute atomic E-state index is 13.3. The highest BCUT2D eigenvalue weighted by Gasteiger charge is 2.24. The van der Waals surface area contributed by atoms with Gasteiger partial charge in [-0.15, -0.1) is 5.10 Å². The number of rotatable bonds is 6. The summed E-state index contributed by atoms with van der Waals surface area (Å²) in [4.78, 5) is 36.3. The highest BCUT2D eigenvalue weighted by molar-refractivity contribution is 5.95. The standard InChI is InChI=1S/C23H30N8O2/c1-4-25-23(33)28-22-27-20-13-17(16-6-5-9-24-14-16)12-19(31(20)29-22)21(32)26-18-7-10-30(11-8-18)15(2)3/h5-6,9,12-15,18H,4,7-8,10-11H2,1-3H3,(H,26,32)(H2,25,28,29,33). The number of hydrogen-bond donors (Lipinski definition) is 3. The lowest BCUT2D eigenvalue weighted by molar-refractivity contribution is 0.0893. The molecule has 3 aromatic heterocycles. The van der Waals surface area contributed by atoms with Gasteiger partial charge in [0.2, 0.25) is 0 Å². The Morgan fingerprint density at radius 3 is 2.64 bits per heavy atom. The molecule has 174 valence electrons. The van der Waals surface area contributed by atoms with Gasteiger partial charge in [0.15, 0.2) is 5.65 Å². The van der Waals surface area contributed by atoms with Crippen molar-refractivity contribution in [2.45, 2.75) is 45.7 Å². The molecule has 0 radical (unpaired) electrons. The Balaban J connectivity index is 1.63. The lowest BCUT2D eigenvalue weighted by Gasteiger charge is -2.34. The number of urea groups is 1. The number of nitrogens with zero attached hydrogens (tertiary/aromatic N) is 5. The van der Waals surface area contributed by atoms with Crippen molar-refractivity contribution in [1.29, 1.82) is 0 Å². The van der Waals surface area contributed by atoms with Gasteiger partial charge in [-0.1, -0.05) is 6.07 Å². The van der Waals surface area contributed by atoms with Crippen molar-refractivity contribution in [2.24, 2.45) is 0 Å². The van der Waals surface area contributed by atoms with Crippen LogP contribution in [0.4, 0.5) is 10.7 Å². The molecule has 1 aliphatic heterocycles. The normalized spacial score (nSPS) is 15.0. The van der Waals surface area contributed by atoms with Crippen LogP contribution in [-0.4, -0.2) is 68.1 Å². The van der Waals surface area contributed by atoms with E-state index >= 15 is 0 Å². The number of nitrogens with one attached hydrogen (secondary N) is 3. The average molecular weight is 451 g/mol. The van der Waals surface area contributed by atoms with E-state index in [0.29, 0.717) is 23.9 Å². The predicted octanol–water partition coefficient (Wildman–Crippen LogP) is 2.54. The third-order valence-corrected chi connectivity index (χ3v) is 5.82. The van der Waals surface area contributed by atoms with Crippen LogP contribution in [-0.2, 0) is 0 Å². The van der Waals surface area contributed by atoms with Crippen molar-refractivity contribution in [3.63, 3.8) is 0 Å². The molecule has 33 heavy (non-hydrogen) atoms. The molecule has 1 aliphatic rings. The van der Waals surface area contributed by atoms with Crippen LogP contribution in [0.5, 0.6) is 0 Å². The molecule has 0 bridgehead atoms. The number of pyridine rings is 2. The van der Waals surface area contributed by atoms with Crippen molar-refractivity contribution in [1.82, 2.24) is 35.1 Å². The second-order valence-electron chi connectivity index (χ2n) is 8.44. The van der Waals surface area contributed by atoms with Crippen molar-refractivity contribution in [3.05, 3.63) is 42.4 Å². The third-order valence-electron chi connectivity index (χ3n) is 5.82. The highest BCUT2D eigenvalue weighted by atomic mass is 16.2. The van der Waals surface area contributed by atoms with E-state index in [4.69, 9.17) is 0 Å². The molecular weight excluding hydrogens is 420 g/mol. The molecule has 3 N–H and O–H groups in total. The second kappa shape index (κ2) is 9.95. The summed E-state index contributed by atoms with van der Waals surface area (Å²) in [7, 11) is 0. The number of likely N-dealkylation sites (tertiary alicyclic amines) is 1. The van der Waals surface area contributed by atoms with Crippen molar-refractivity contribution in [3.8, 4) is 11.1 Å². The van der Waals surface area contributed by atoms with Gasteiger partial charge in [0.05, 0.1) is 0 Å². The van der Waals surface area contributed by atoms with Crippen LogP contribution in [0.15, 0.2) is 36.7 Å². The Hall–Kier alpha value is -3.53. The molecule has 1 fully saturated rings. The summed E-state index contributed by atoms with van der Waals surface area (Å²) in [5.74, 6) is -0.0909. The number of amides is 3. The van der Waals surface area contributed by atoms with Crippen molar-refractivity contribution < 1.29 is 9.59 Å². The smallest absolute Gasteiger partial charge is 0.321 e. The first-order chi connectivity index (χ1) is 15.9. The monoisotopic (exact) mass is 450 g/mol. The number of piperidine rings is 1. The van der Waals surface area contributed by atoms with E-state index in [1.807, 2.05) is 25.1 Å². The number of aromatic nitrogens is 4. The molecule has 4 heterocycles. The van der Waals surface area contributed by atoms with Gasteiger partial charge in [-0.2, -0.15) is 4.98 Å². The van der Waals surface area contributed by atoms with Crippen LogP contribution in [0.25, 0.3) is 16.8 Å². The molecule has 10 nitrogen and oxygen atoms in total. The average Bonchev–Trinajstić information content (AvgIpc) is 3.21. The van der Waals surface area contributed by atoms with Crippen LogP contribution in [0.2, 0.25) is 0 Å². The second-order valence-corrected chi connectivity index (χ2v) is 8.44. The SMILES string of the molecule is CCNC(=O)Nc1nc2cc(-c3cccnc3)cc(C(=O)NC3CCN(C(C)C)CC3)n2n1. The number of anilines is 1. The summed E-state index contributed by atoms with van der Waals surface area (Å²) in [6.45, 7) is 8.60. The van der Waals surface area contributed by atoms with Gasteiger partial charge in [-0.25, -0.2) is 9.31 Å². The van der Waals surface area contributed by atoms with Crippen LogP contribution in [0, 0.1) is 0 Å². The van der Waals surface area contributed by atoms with Gasteiger partial charge in [0.1, 0.15) is 5.69 Å². The van der Waals surface area contributed by atoms with E-state index in [2.05, 4.69) is 49.8 Å². The topological polar surface area (TPSA) is 117 Å². The first-order valence-electron chi connectivity index (χ1n) is 11.4. The van der Waals surface area contributed by atoms with Gasteiger partial charge in [-0.05, 0) is 57.4 Å². The third kappa shape index (κ3) is 5.28. The van der Waals surface area contributed by atoms with E-state index in [1.165, 1.54) is 4.52 Å². The maximum Gasteiger partial charge on any atom is 0.321 e. The first-order valence-corrected chi connectivity index (χ1v) is 11.4. The van der Waals surface area contributed by atoms with E-state index in [-0.39, 0.29) is 17.9 Å². The van der Waals surface area contributed by atoms with Gasteiger partial charge in [0.25, 0.3) is 11.9 Å². The summed E-state index contributed by atoms with van der Waals surface area (Å²) in [6, 6.07) is 7.58. The first kappa shape index (κ1) is 22.7.